The van der Waals surface area contributed by atoms with Gasteiger partial charge >= 0.3 is 0 Å². The van der Waals surface area contributed by atoms with E-state index in [-0.39, 0.29) is 12.9 Å². The first-order valence-corrected chi connectivity index (χ1v) is 6.13. The van der Waals surface area contributed by atoms with Crippen LogP contribution in [0.15, 0.2) is 22.7 Å². The van der Waals surface area contributed by atoms with E-state index in [1.807, 2.05) is 32.0 Å². The van der Waals surface area contributed by atoms with Gasteiger partial charge < -0.3 is 18.7 Å². The molecule has 0 amide bonds. The van der Waals surface area contributed by atoms with Crippen LogP contribution in [0.2, 0.25) is 0 Å². The standard InChI is InChI=1S/C13H14N2O4/c1-3-16-8(2)12-14-13(19-15-12)9-5-4-6-10-11(9)18-7-17-10/h4-6,8H,3,7H2,1-2H3/t8-/m0/s1. The molecule has 0 saturated carbocycles. The number of fused-ring (bicyclic) bond motifs is 1. The predicted octanol–water partition coefficient (Wildman–Crippen LogP) is 2.56. The van der Waals surface area contributed by atoms with Gasteiger partial charge in [0.1, 0.15) is 6.10 Å². The van der Waals surface area contributed by atoms with Gasteiger partial charge in [0.05, 0.1) is 5.56 Å². The molecule has 1 atom stereocenters. The first-order valence-electron chi connectivity index (χ1n) is 6.13. The molecule has 19 heavy (non-hydrogen) atoms. The summed E-state index contributed by atoms with van der Waals surface area (Å²) >= 11 is 0. The summed E-state index contributed by atoms with van der Waals surface area (Å²) in [6.45, 7) is 4.62. The third kappa shape index (κ3) is 2.15. The Kier molecular flexibility index (Phi) is 3.08. The molecular weight excluding hydrogens is 248 g/mol. The second-order valence-electron chi connectivity index (χ2n) is 4.09. The highest BCUT2D eigenvalue weighted by Crippen LogP contribution is 2.40. The van der Waals surface area contributed by atoms with Crippen LogP contribution in [0, 0.1) is 0 Å². The number of nitrogens with zero attached hydrogens (tertiary/aromatic N) is 2. The summed E-state index contributed by atoms with van der Waals surface area (Å²) in [5, 5.41) is 3.93. The van der Waals surface area contributed by atoms with Crippen molar-refractivity contribution in [3.8, 4) is 23.0 Å². The van der Waals surface area contributed by atoms with E-state index in [0.29, 0.717) is 29.8 Å². The van der Waals surface area contributed by atoms with Gasteiger partial charge in [-0.25, -0.2) is 0 Å². The van der Waals surface area contributed by atoms with E-state index >= 15 is 0 Å². The number of hydrogen-bond acceptors (Lipinski definition) is 6. The highest BCUT2D eigenvalue weighted by atomic mass is 16.7. The highest BCUT2D eigenvalue weighted by Gasteiger charge is 2.23. The number of aromatic nitrogens is 2. The molecule has 3 rings (SSSR count). The molecule has 2 heterocycles. The molecule has 1 aliphatic heterocycles. The van der Waals surface area contributed by atoms with Gasteiger partial charge in [0, 0.05) is 6.61 Å². The second-order valence-corrected chi connectivity index (χ2v) is 4.09. The van der Waals surface area contributed by atoms with E-state index in [1.54, 1.807) is 0 Å². The third-order valence-corrected chi connectivity index (χ3v) is 2.85. The first-order chi connectivity index (χ1) is 9.29. The maximum absolute atomic E-state index is 5.43. The largest absolute Gasteiger partial charge is 0.454 e. The predicted molar refractivity (Wildman–Crippen MR) is 65.9 cm³/mol. The number of para-hydroxylation sites is 1. The Morgan fingerprint density at radius 2 is 2.26 bits per heavy atom. The van der Waals surface area contributed by atoms with Crippen molar-refractivity contribution < 1.29 is 18.7 Å². The van der Waals surface area contributed by atoms with E-state index in [4.69, 9.17) is 18.7 Å². The van der Waals surface area contributed by atoms with Crippen molar-refractivity contribution in [3.05, 3.63) is 24.0 Å². The first kappa shape index (κ1) is 12.0. The Bertz CT molecular complexity index is 582. The van der Waals surface area contributed by atoms with Gasteiger partial charge in [-0.3, -0.25) is 0 Å². The minimum Gasteiger partial charge on any atom is -0.454 e. The molecule has 1 aromatic heterocycles. The Labute approximate surface area is 110 Å². The normalized spacial score (nSPS) is 14.6. The zero-order chi connectivity index (χ0) is 13.2. The Morgan fingerprint density at radius 1 is 1.37 bits per heavy atom. The van der Waals surface area contributed by atoms with E-state index in [2.05, 4.69) is 10.1 Å². The average molecular weight is 262 g/mol. The van der Waals surface area contributed by atoms with Gasteiger partial charge in [-0.1, -0.05) is 11.2 Å². The average Bonchev–Trinajstić information content (AvgIpc) is 3.07. The quantitative estimate of drug-likeness (QED) is 0.843. The molecule has 0 unspecified atom stereocenters. The third-order valence-electron chi connectivity index (χ3n) is 2.85. The zero-order valence-electron chi connectivity index (χ0n) is 10.8. The van der Waals surface area contributed by atoms with E-state index in [9.17, 15) is 0 Å². The van der Waals surface area contributed by atoms with Crippen molar-refractivity contribution in [3.63, 3.8) is 0 Å². The lowest BCUT2D eigenvalue weighted by Crippen LogP contribution is -2.01. The Hall–Kier alpha value is -2.08. The van der Waals surface area contributed by atoms with Gasteiger partial charge in [0.25, 0.3) is 5.89 Å². The Morgan fingerprint density at radius 3 is 3.11 bits per heavy atom. The summed E-state index contributed by atoms with van der Waals surface area (Å²) in [5.41, 5.74) is 0.734. The monoisotopic (exact) mass is 262 g/mol. The summed E-state index contributed by atoms with van der Waals surface area (Å²) in [5.74, 6) is 2.26. The maximum Gasteiger partial charge on any atom is 0.261 e. The SMILES string of the molecule is CCO[C@@H](C)c1noc(-c2cccc3c2OCO3)n1. The molecule has 0 fully saturated rings. The van der Waals surface area contributed by atoms with Crippen LogP contribution in [0.1, 0.15) is 25.8 Å². The van der Waals surface area contributed by atoms with Crippen LogP contribution in [0.25, 0.3) is 11.5 Å². The molecule has 1 aromatic carbocycles. The maximum atomic E-state index is 5.43. The molecule has 0 N–H and O–H groups in total. The molecule has 6 nitrogen and oxygen atoms in total. The molecule has 0 saturated heterocycles. The van der Waals surface area contributed by atoms with Crippen LogP contribution in [0.5, 0.6) is 11.5 Å². The summed E-state index contributed by atoms with van der Waals surface area (Å²) in [7, 11) is 0. The van der Waals surface area contributed by atoms with Gasteiger partial charge in [-0.05, 0) is 26.0 Å². The highest BCUT2D eigenvalue weighted by molar-refractivity contribution is 5.68. The lowest BCUT2D eigenvalue weighted by Gasteiger charge is -2.04. The van der Waals surface area contributed by atoms with Crippen LogP contribution in [0.3, 0.4) is 0 Å². The number of ether oxygens (including phenoxy) is 3. The molecule has 100 valence electrons. The van der Waals surface area contributed by atoms with Crippen molar-refractivity contribution in [2.75, 3.05) is 13.4 Å². The number of benzene rings is 1. The van der Waals surface area contributed by atoms with Crippen molar-refractivity contribution >= 4 is 0 Å². The smallest absolute Gasteiger partial charge is 0.261 e. The topological polar surface area (TPSA) is 66.6 Å². The summed E-state index contributed by atoms with van der Waals surface area (Å²) < 4.78 is 21.4. The van der Waals surface area contributed by atoms with Crippen LogP contribution in [-0.4, -0.2) is 23.5 Å². The van der Waals surface area contributed by atoms with Gasteiger partial charge in [0.2, 0.25) is 12.6 Å². The van der Waals surface area contributed by atoms with Crippen molar-refractivity contribution in [1.29, 1.82) is 0 Å². The fourth-order valence-electron chi connectivity index (χ4n) is 1.93. The van der Waals surface area contributed by atoms with Crippen LogP contribution < -0.4 is 9.47 Å². The lowest BCUT2D eigenvalue weighted by molar-refractivity contribution is 0.0683. The van der Waals surface area contributed by atoms with E-state index < -0.39 is 0 Å². The van der Waals surface area contributed by atoms with Gasteiger partial charge in [-0.15, -0.1) is 0 Å². The van der Waals surface area contributed by atoms with Gasteiger partial charge in [-0.2, -0.15) is 4.98 Å². The van der Waals surface area contributed by atoms with Crippen LogP contribution in [-0.2, 0) is 4.74 Å². The molecular formula is C13H14N2O4. The molecule has 0 spiro atoms. The fourth-order valence-corrected chi connectivity index (χ4v) is 1.93. The molecule has 2 aromatic rings. The Balaban J connectivity index is 1.93. The molecule has 0 radical (unpaired) electrons. The van der Waals surface area contributed by atoms with Crippen molar-refractivity contribution in [2.24, 2.45) is 0 Å². The van der Waals surface area contributed by atoms with Crippen LogP contribution >= 0.6 is 0 Å². The van der Waals surface area contributed by atoms with E-state index in [0.717, 1.165) is 5.56 Å². The van der Waals surface area contributed by atoms with E-state index in [1.165, 1.54) is 0 Å². The zero-order valence-corrected chi connectivity index (χ0v) is 10.8. The summed E-state index contributed by atoms with van der Waals surface area (Å²) in [6.07, 6.45) is -0.198. The molecule has 6 heteroatoms. The molecule has 1 aliphatic rings. The minimum absolute atomic E-state index is 0.198. The minimum atomic E-state index is -0.198. The molecule has 0 bridgehead atoms. The second kappa shape index (κ2) is 4.89. The molecule has 0 aliphatic carbocycles. The van der Waals surface area contributed by atoms with Crippen LogP contribution in [0.4, 0.5) is 0 Å². The van der Waals surface area contributed by atoms with Crippen molar-refractivity contribution in [2.45, 2.75) is 20.0 Å². The lowest BCUT2D eigenvalue weighted by atomic mass is 10.2. The summed E-state index contributed by atoms with van der Waals surface area (Å²) in [6, 6.07) is 5.56. The fraction of sp³-hybridized carbons (Fsp3) is 0.385. The van der Waals surface area contributed by atoms with Crippen molar-refractivity contribution in [1.82, 2.24) is 10.1 Å². The number of rotatable bonds is 4. The van der Waals surface area contributed by atoms with Gasteiger partial charge in [0.15, 0.2) is 11.5 Å². The summed E-state index contributed by atoms with van der Waals surface area (Å²) in [4.78, 5) is 4.34. The number of hydrogen-bond donors (Lipinski definition) is 0.